The number of aliphatic hydroxyl groups excluding tert-OH is 2. The first-order valence-electron chi connectivity index (χ1n) is 18.1. The third kappa shape index (κ3) is 5.11. The van der Waals surface area contributed by atoms with Crippen molar-refractivity contribution in [2.45, 2.75) is 112 Å². The fourth-order valence-electron chi connectivity index (χ4n) is 12.2. The SMILES string of the molecule is COC(=O)[C@]12CCC(C)(C)C[C@H]1C1=CC[C@@H]3[C@@]4(C)C[C@@H](O)[C@H](OC(=O)/C=C/c5ccc(OC)cc5)[C@@](C)(CO)[C@@H]4CC[C@@]3(C)[C@]1(C)CC2. The minimum Gasteiger partial charge on any atom is -0.497 e. The summed E-state index contributed by atoms with van der Waals surface area (Å²) in [6.45, 7) is 13.8. The van der Waals surface area contributed by atoms with Gasteiger partial charge in [0.1, 0.15) is 11.9 Å². The first-order valence-corrected chi connectivity index (χ1v) is 18.1. The molecule has 2 N–H and O–H groups in total. The third-order valence-corrected chi connectivity index (χ3v) is 15.1. The van der Waals surface area contributed by atoms with Crippen molar-refractivity contribution >= 4 is 18.0 Å². The summed E-state index contributed by atoms with van der Waals surface area (Å²) in [4.78, 5) is 26.7. The summed E-state index contributed by atoms with van der Waals surface area (Å²) in [7, 11) is 3.16. The first kappa shape index (κ1) is 35.2. The van der Waals surface area contributed by atoms with Crippen molar-refractivity contribution in [3.8, 4) is 5.75 Å². The molecule has 0 saturated heterocycles. The van der Waals surface area contributed by atoms with Gasteiger partial charge in [0.15, 0.2) is 0 Å². The van der Waals surface area contributed by atoms with Gasteiger partial charge in [0, 0.05) is 11.5 Å². The van der Waals surface area contributed by atoms with Crippen LogP contribution in [0.2, 0.25) is 0 Å². The summed E-state index contributed by atoms with van der Waals surface area (Å²) in [5.74, 6) is 0.673. The molecule has 5 aliphatic carbocycles. The van der Waals surface area contributed by atoms with Crippen LogP contribution in [0.15, 0.2) is 42.0 Å². The molecule has 0 heterocycles. The number of aliphatic hydroxyl groups is 2. The van der Waals surface area contributed by atoms with Gasteiger partial charge >= 0.3 is 11.9 Å². The maximum atomic E-state index is 13.6. The van der Waals surface area contributed by atoms with E-state index in [1.807, 2.05) is 31.2 Å². The van der Waals surface area contributed by atoms with Crippen LogP contribution in [-0.4, -0.2) is 55.2 Å². The first-order chi connectivity index (χ1) is 22.5. The van der Waals surface area contributed by atoms with Gasteiger partial charge in [-0.3, -0.25) is 4.79 Å². The Morgan fingerprint density at radius 1 is 0.917 bits per heavy atom. The van der Waals surface area contributed by atoms with Crippen molar-refractivity contribution in [2.75, 3.05) is 20.8 Å². The number of esters is 2. The third-order valence-electron chi connectivity index (χ3n) is 15.1. The number of ether oxygens (including phenoxy) is 3. The van der Waals surface area contributed by atoms with Crippen molar-refractivity contribution in [3.05, 3.63) is 47.6 Å². The van der Waals surface area contributed by atoms with Crippen LogP contribution in [0.3, 0.4) is 0 Å². The molecular weight excluding hydrogens is 604 g/mol. The number of rotatable bonds is 6. The standard InChI is InChI=1S/C41H58O7/c1-36(2)19-21-41(35(45)47-8)22-20-39(5)28(29(41)23-36)14-15-32-37(3)24-30(43)34(38(4,25-42)31(37)17-18-40(32,39)6)48-33(44)16-11-26-9-12-27(46-7)13-10-26/h9-14,16,29-32,34,42-43H,15,17-25H2,1-8H3/b16-11+/t29-,30+,31+,32+,34-,37-,38-,39+,40+,41-/m0/s1. The second kappa shape index (κ2) is 12.0. The smallest absolute Gasteiger partial charge is 0.331 e. The van der Waals surface area contributed by atoms with E-state index in [4.69, 9.17) is 14.2 Å². The largest absolute Gasteiger partial charge is 0.497 e. The van der Waals surface area contributed by atoms with E-state index in [9.17, 15) is 19.8 Å². The highest BCUT2D eigenvalue weighted by Gasteiger charge is 2.71. The lowest BCUT2D eigenvalue weighted by Crippen LogP contribution is -2.68. The van der Waals surface area contributed by atoms with Crippen LogP contribution >= 0.6 is 0 Å². The van der Waals surface area contributed by atoms with Gasteiger partial charge in [-0.2, -0.15) is 0 Å². The van der Waals surface area contributed by atoms with Crippen LogP contribution in [0.1, 0.15) is 105 Å². The monoisotopic (exact) mass is 662 g/mol. The van der Waals surface area contributed by atoms with Gasteiger partial charge in [0.05, 0.1) is 32.3 Å². The molecule has 4 fully saturated rings. The average molecular weight is 663 g/mol. The summed E-state index contributed by atoms with van der Waals surface area (Å²) < 4.78 is 16.8. The molecule has 0 spiro atoms. The number of fused-ring (bicyclic) bond motifs is 7. The highest BCUT2D eigenvalue weighted by molar-refractivity contribution is 5.87. The number of carbonyl (C=O) groups excluding carboxylic acids is 2. The Kier molecular flexibility index (Phi) is 8.80. The zero-order valence-electron chi connectivity index (χ0n) is 30.4. The molecular formula is C41H58O7. The Morgan fingerprint density at radius 2 is 1.60 bits per heavy atom. The number of hydrogen-bond acceptors (Lipinski definition) is 7. The number of hydrogen-bond donors (Lipinski definition) is 2. The summed E-state index contributed by atoms with van der Waals surface area (Å²) in [5, 5.41) is 22.9. The van der Waals surface area contributed by atoms with E-state index in [0.717, 1.165) is 62.7 Å². The van der Waals surface area contributed by atoms with Crippen molar-refractivity contribution in [2.24, 2.45) is 50.2 Å². The van der Waals surface area contributed by atoms with Gasteiger partial charge in [-0.25, -0.2) is 4.79 Å². The van der Waals surface area contributed by atoms with E-state index in [1.165, 1.54) is 11.6 Å². The van der Waals surface area contributed by atoms with Crippen LogP contribution in [0, 0.1) is 50.2 Å². The molecule has 0 radical (unpaired) electrons. The van der Waals surface area contributed by atoms with Gasteiger partial charge in [-0.1, -0.05) is 65.3 Å². The Morgan fingerprint density at radius 3 is 2.25 bits per heavy atom. The lowest BCUT2D eigenvalue weighted by Gasteiger charge is -2.71. The van der Waals surface area contributed by atoms with Crippen LogP contribution in [0.5, 0.6) is 5.75 Å². The number of methoxy groups -OCH3 is 2. The predicted molar refractivity (Wildman–Crippen MR) is 186 cm³/mol. The van der Waals surface area contributed by atoms with Gasteiger partial charge in [-0.05, 0) is 121 Å². The van der Waals surface area contributed by atoms with E-state index < -0.39 is 29.0 Å². The maximum absolute atomic E-state index is 13.6. The second-order valence-electron chi connectivity index (χ2n) is 17.8. The Bertz CT molecular complexity index is 1480. The molecule has 7 heteroatoms. The fraction of sp³-hybridized carbons (Fsp3) is 0.707. The molecule has 0 bridgehead atoms. The zero-order chi connectivity index (χ0) is 34.9. The predicted octanol–water partition coefficient (Wildman–Crippen LogP) is 7.54. The second-order valence-corrected chi connectivity index (χ2v) is 17.8. The molecule has 264 valence electrons. The van der Waals surface area contributed by atoms with Crippen LogP contribution in [-0.2, 0) is 19.1 Å². The van der Waals surface area contributed by atoms with Crippen molar-refractivity contribution < 1.29 is 34.0 Å². The van der Waals surface area contributed by atoms with Gasteiger partial charge < -0.3 is 24.4 Å². The fourth-order valence-corrected chi connectivity index (χ4v) is 12.2. The Hall–Kier alpha value is -2.64. The van der Waals surface area contributed by atoms with Crippen molar-refractivity contribution in [1.82, 2.24) is 0 Å². The van der Waals surface area contributed by atoms with E-state index in [2.05, 4.69) is 40.7 Å². The molecule has 0 amide bonds. The van der Waals surface area contributed by atoms with Crippen LogP contribution in [0.25, 0.3) is 6.08 Å². The van der Waals surface area contributed by atoms with Crippen LogP contribution < -0.4 is 4.74 Å². The van der Waals surface area contributed by atoms with E-state index >= 15 is 0 Å². The quantitative estimate of drug-likeness (QED) is 0.184. The van der Waals surface area contributed by atoms with Crippen LogP contribution in [0.4, 0.5) is 0 Å². The minimum absolute atomic E-state index is 0.0394. The molecule has 1 aromatic carbocycles. The van der Waals surface area contributed by atoms with Crippen molar-refractivity contribution in [1.29, 1.82) is 0 Å². The highest BCUT2D eigenvalue weighted by atomic mass is 16.6. The summed E-state index contributed by atoms with van der Waals surface area (Å²) in [6.07, 6.45) is 11.8. The maximum Gasteiger partial charge on any atom is 0.331 e. The van der Waals surface area contributed by atoms with Gasteiger partial charge in [0.25, 0.3) is 0 Å². The lowest BCUT2D eigenvalue weighted by molar-refractivity contribution is -0.249. The molecule has 6 rings (SSSR count). The normalized spacial score (nSPS) is 43.1. The number of benzene rings is 1. The summed E-state index contributed by atoms with van der Waals surface area (Å²) in [6, 6.07) is 7.39. The molecule has 7 nitrogen and oxygen atoms in total. The molecule has 0 aliphatic heterocycles. The average Bonchev–Trinajstić information content (AvgIpc) is 3.05. The molecule has 5 aliphatic rings. The minimum atomic E-state index is -0.903. The molecule has 1 aromatic rings. The van der Waals surface area contributed by atoms with Gasteiger partial charge in [-0.15, -0.1) is 0 Å². The lowest BCUT2D eigenvalue weighted by atomic mass is 9.33. The number of carbonyl (C=O) groups is 2. The Balaban J connectivity index is 1.30. The molecule has 0 unspecified atom stereocenters. The zero-order valence-corrected chi connectivity index (χ0v) is 30.4. The van der Waals surface area contributed by atoms with E-state index in [-0.39, 0.29) is 52.0 Å². The molecule has 4 saturated carbocycles. The topological polar surface area (TPSA) is 102 Å². The summed E-state index contributed by atoms with van der Waals surface area (Å²) >= 11 is 0. The Labute approximate surface area is 287 Å². The van der Waals surface area contributed by atoms with Crippen molar-refractivity contribution in [3.63, 3.8) is 0 Å². The molecule has 10 atom stereocenters. The van der Waals surface area contributed by atoms with E-state index in [1.54, 1.807) is 20.3 Å². The summed E-state index contributed by atoms with van der Waals surface area (Å²) in [5.41, 5.74) is 0.793. The highest BCUT2D eigenvalue weighted by Crippen LogP contribution is 2.76. The molecule has 48 heavy (non-hydrogen) atoms. The molecule has 0 aromatic heterocycles. The number of allylic oxidation sites excluding steroid dienone is 2. The van der Waals surface area contributed by atoms with Gasteiger partial charge in [0.2, 0.25) is 0 Å². The van der Waals surface area contributed by atoms with E-state index in [0.29, 0.717) is 6.42 Å².